The maximum absolute atomic E-state index is 11.9. The van der Waals surface area contributed by atoms with E-state index in [4.69, 9.17) is 0 Å². The number of rotatable bonds is 2. The summed E-state index contributed by atoms with van der Waals surface area (Å²) in [6, 6.07) is 0. The number of amides is 2. The lowest BCUT2D eigenvalue weighted by Crippen LogP contribution is -2.44. The molecule has 0 radical (unpaired) electrons. The molecule has 1 saturated heterocycles. The summed E-state index contributed by atoms with van der Waals surface area (Å²) in [7, 11) is 0. The van der Waals surface area contributed by atoms with Crippen LogP contribution in [0.5, 0.6) is 0 Å². The number of aromatic nitrogens is 2. The Kier molecular flexibility index (Phi) is 4.30. The van der Waals surface area contributed by atoms with Crippen molar-refractivity contribution in [3.05, 3.63) is 18.2 Å². The Hall–Kier alpha value is -1.89. The molecule has 1 aliphatic heterocycles. The van der Waals surface area contributed by atoms with Crippen molar-refractivity contribution in [2.75, 3.05) is 26.2 Å². The SMILES string of the molecule is O=C(NCc1ncc[nH]1)C(=O)N1CCCNCC1. The molecule has 2 amide bonds. The standard InChI is InChI=1S/C11H17N5O2/c17-10(15-8-9-13-3-4-14-9)11(18)16-6-1-2-12-5-7-16/h3-4,12H,1-2,5-8H2,(H,13,14)(H,15,17). The van der Waals surface area contributed by atoms with Gasteiger partial charge in [0.2, 0.25) is 0 Å². The second-order valence-corrected chi connectivity index (χ2v) is 4.11. The maximum Gasteiger partial charge on any atom is 0.311 e. The summed E-state index contributed by atoms with van der Waals surface area (Å²) < 4.78 is 0. The van der Waals surface area contributed by atoms with Gasteiger partial charge in [0, 0.05) is 32.0 Å². The molecule has 0 saturated carbocycles. The molecule has 0 atom stereocenters. The molecule has 2 heterocycles. The van der Waals surface area contributed by atoms with Gasteiger partial charge in [0.05, 0.1) is 6.54 Å². The fourth-order valence-electron chi connectivity index (χ4n) is 1.83. The summed E-state index contributed by atoms with van der Waals surface area (Å²) in [5.41, 5.74) is 0. The van der Waals surface area contributed by atoms with Crippen LogP contribution in [0.1, 0.15) is 12.2 Å². The van der Waals surface area contributed by atoms with Crippen LogP contribution in [0.2, 0.25) is 0 Å². The van der Waals surface area contributed by atoms with Gasteiger partial charge >= 0.3 is 11.8 Å². The Morgan fingerprint density at radius 3 is 3.06 bits per heavy atom. The van der Waals surface area contributed by atoms with Crippen molar-refractivity contribution in [3.8, 4) is 0 Å². The third-order valence-electron chi connectivity index (χ3n) is 2.79. The van der Waals surface area contributed by atoms with Gasteiger partial charge in [0.1, 0.15) is 5.82 Å². The summed E-state index contributed by atoms with van der Waals surface area (Å²) in [4.78, 5) is 32.0. The molecule has 18 heavy (non-hydrogen) atoms. The second-order valence-electron chi connectivity index (χ2n) is 4.11. The highest BCUT2D eigenvalue weighted by Crippen LogP contribution is 1.97. The first-order valence-corrected chi connectivity index (χ1v) is 6.03. The second kappa shape index (κ2) is 6.15. The summed E-state index contributed by atoms with van der Waals surface area (Å²) in [5, 5.41) is 5.74. The fraction of sp³-hybridized carbons (Fsp3) is 0.545. The van der Waals surface area contributed by atoms with Crippen LogP contribution in [0.25, 0.3) is 0 Å². The first-order chi connectivity index (χ1) is 8.77. The van der Waals surface area contributed by atoms with Gasteiger partial charge in [0.25, 0.3) is 0 Å². The van der Waals surface area contributed by atoms with Crippen LogP contribution < -0.4 is 10.6 Å². The molecule has 7 nitrogen and oxygen atoms in total. The van der Waals surface area contributed by atoms with Crippen molar-refractivity contribution in [1.82, 2.24) is 25.5 Å². The third-order valence-corrected chi connectivity index (χ3v) is 2.79. The highest BCUT2D eigenvalue weighted by molar-refractivity contribution is 6.34. The average Bonchev–Trinajstić information content (AvgIpc) is 2.75. The molecule has 0 unspecified atom stereocenters. The molecule has 1 aromatic rings. The monoisotopic (exact) mass is 251 g/mol. The van der Waals surface area contributed by atoms with E-state index in [0.717, 1.165) is 19.5 Å². The molecule has 1 aromatic heterocycles. The van der Waals surface area contributed by atoms with Gasteiger partial charge < -0.3 is 20.5 Å². The highest BCUT2D eigenvalue weighted by Gasteiger charge is 2.22. The Bertz CT molecular complexity index is 396. The van der Waals surface area contributed by atoms with Gasteiger partial charge in [-0.15, -0.1) is 0 Å². The van der Waals surface area contributed by atoms with Crippen molar-refractivity contribution >= 4 is 11.8 Å². The van der Waals surface area contributed by atoms with Crippen molar-refractivity contribution in [2.45, 2.75) is 13.0 Å². The van der Waals surface area contributed by atoms with E-state index >= 15 is 0 Å². The zero-order valence-corrected chi connectivity index (χ0v) is 10.1. The van der Waals surface area contributed by atoms with Gasteiger partial charge in [-0.25, -0.2) is 4.98 Å². The minimum Gasteiger partial charge on any atom is -0.347 e. The number of hydrogen-bond acceptors (Lipinski definition) is 4. The maximum atomic E-state index is 11.9. The van der Waals surface area contributed by atoms with Crippen molar-refractivity contribution < 1.29 is 9.59 Å². The number of H-pyrrole nitrogens is 1. The van der Waals surface area contributed by atoms with Gasteiger partial charge in [0.15, 0.2) is 0 Å². The molecule has 7 heteroatoms. The van der Waals surface area contributed by atoms with E-state index in [1.54, 1.807) is 17.3 Å². The highest BCUT2D eigenvalue weighted by atomic mass is 16.2. The van der Waals surface area contributed by atoms with Gasteiger partial charge in [-0.3, -0.25) is 9.59 Å². The molecule has 3 N–H and O–H groups in total. The molecule has 98 valence electrons. The van der Waals surface area contributed by atoms with Crippen LogP contribution >= 0.6 is 0 Å². The fourth-order valence-corrected chi connectivity index (χ4v) is 1.83. The molecule has 0 aromatic carbocycles. The largest absolute Gasteiger partial charge is 0.347 e. The Morgan fingerprint density at radius 1 is 1.39 bits per heavy atom. The number of carbonyl (C=O) groups is 2. The first kappa shape index (κ1) is 12.6. The van der Waals surface area contributed by atoms with Crippen LogP contribution in [0.3, 0.4) is 0 Å². The first-order valence-electron chi connectivity index (χ1n) is 6.03. The third kappa shape index (κ3) is 3.30. The van der Waals surface area contributed by atoms with E-state index in [1.165, 1.54) is 0 Å². The quantitative estimate of drug-likeness (QED) is 0.579. The van der Waals surface area contributed by atoms with Crippen molar-refractivity contribution in [2.24, 2.45) is 0 Å². The van der Waals surface area contributed by atoms with E-state index in [2.05, 4.69) is 20.6 Å². The summed E-state index contributed by atoms with van der Waals surface area (Å²) >= 11 is 0. The summed E-state index contributed by atoms with van der Waals surface area (Å²) in [6.07, 6.45) is 4.14. The molecule has 2 rings (SSSR count). The number of imidazole rings is 1. The van der Waals surface area contributed by atoms with Crippen LogP contribution in [0.15, 0.2) is 12.4 Å². The zero-order valence-electron chi connectivity index (χ0n) is 10.1. The molecular formula is C11H17N5O2. The Labute approximate surface area is 105 Å². The van der Waals surface area contributed by atoms with E-state index in [0.29, 0.717) is 18.9 Å². The smallest absolute Gasteiger partial charge is 0.311 e. The molecular weight excluding hydrogens is 234 g/mol. The van der Waals surface area contributed by atoms with Crippen LogP contribution in [-0.4, -0.2) is 52.9 Å². The molecule has 1 aliphatic rings. The van der Waals surface area contributed by atoms with E-state index in [1.807, 2.05) is 0 Å². The lowest BCUT2D eigenvalue weighted by molar-refractivity contribution is -0.145. The summed E-state index contributed by atoms with van der Waals surface area (Å²) in [5.74, 6) is -0.410. The zero-order chi connectivity index (χ0) is 12.8. The lowest BCUT2D eigenvalue weighted by Gasteiger charge is -2.18. The average molecular weight is 251 g/mol. The van der Waals surface area contributed by atoms with E-state index < -0.39 is 11.8 Å². The Balaban J connectivity index is 1.82. The van der Waals surface area contributed by atoms with E-state index in [-0.39, 0.29) is 6.54 Å². The van der Waals surface area contributed by atoms with E-state index in [9.17, 15) is 9.59 Å². The topological polar surface area (TPSA) is 90.1 Å². The minimum absolute atomic E-state index is 0.240. The number of aromatic amines is 1. The predicted molar refractivity (Wildman–Crippen MR) is 64.5 cm³/mol. The normalized spacial score (nSPS) is 16.1. The lowest BCUT2D eigenvalue weighted by atomic mass is 10.3. The molecule has 1 fully saturated rings. The van der Waals surface area contributed by atoms with Gasteiger partial charge in [-0.1, -0.05) is 0 Å². The van der Waals surface area contributed by atoms with Crippen LogP contribution in [0.4, 0.5) is 0 Å². The number of nitrogens with zero attached hydrogens (tertiary/aromatic N) is 2. The van der Waals surface area contributed by atoms with Crippen molar-refractivity contribution in [1.29, 1.82) is 0 Å². The van der Waals surface area contributed by atoms with Crippen molar-refractivity contribution in [3.63, 3.8) is 0 Å². The Morgan fingerprint density at radius 2 is 2.28 bits per heavy atom. The molecule has 0 aliphatic carbocycles. The number of nitrogens with one attached hydrogen (secondary N) is 3. The van der Waals surface area contributed by atoms with Gasteiger partial charge in [-0.2, -0.15) is 0 Å². The number of hydrogen-bond donors (Lipinski definition) is 3. The number of carbonyl (C=O) groups excluding carboxylic acids is 2. The molecule has 0 bridgehead atoms. The summed E-state index contributed by atoms with van der Waals surface area (Å²) in [6.45, 7) is 3.06. The predicted octanol–water partition coefficient (Wildman–Crippen LogP) is -1.15. The molecule has 0 spiro atoms. The van der Waals surface area contributed by atoms with Crippen LogP contribution in [0, 0.1) is 0 Å². The minimum atomic E-state index is -0.576. The van der Waals surface area contributed by atoms with Gasteiger partial charge in [-0.05, 0) is 13.0 Å². The van der Waals surface area contributed by atoms with Crippen LogP contribution in [-0.2, 0) is 16.1 Å².